The number of carboxylic acids is 2. The highest BCUT2D eigenvalue weighted by Crippen LogP contribution is 2.06. The largest absolute Gasteiger partial charge is 0.481 e. The molecule has 0 atom stereocenters. The Bertz CT molecular complexity index is 841. The Morgan fingerprint density at radius 1 is 1.19 bits per heavy atom. The minimum atomic E-state index is -0.828. The third-order valence-corrected chi connectivity index (χ3v) is 3.96. The fourth-order valence-electron chi connectivity index (χ4n) is 2.71. The van der Waals surface area contributed by atoms with E-state index in [0.29, 0.717) is 55.9 Å². The van der Waals surface area contributed by atoms with Crippen molar-refractivity contribution in [3.63, 3.8) is 0 Å². The number of aromatic amines is 1. The number of aryl methyl sites for hydroxylation is 2. The maximum Gasteiger partial charge on any atom is 0.311 e. The van der Waals surface area contributed by atoms with Gasteiger partial charge >= 0.3 is 17.6 Å². The van der Waals surface area contributed by atoms with Gasteiger partial charge in [0.05, 0.1) is 13.6 Å². The second kappa shape index (κ2) is 8.97. The van der Waals surface area contributed by atoms with E-state index in [-0.39, 0.29) is 18.4 Å². The maximum atomic E-state index is 12.3. The highest BCUT2D eigenvalue weighted by Gasteiger charge is 2.20. The van der Waals surface area contributed by atoms with Crippen molar-refractivity contribution in [2.45, 2.75) is 45.1 Å². The molecule has 0 saturated carbocycles. The van der Waals surface area contributed by atoms with Crippen LogP contribution in [0.2, 0.25) is 0 Å². The summed E-state index contributed by atoms with van der Waals surface area (Å²) in [5.41, 5.74) is 0.703. The Morgan fingerprint density at radius 2 is 1.85 bits per heavy atom. The van der Waals surface area contributed by atoms with Gasteiger partial charge < -0.3 is 15.5 Å². The molecule has 0 unspecified atom stereocenters. The average molecular weight is 366 g/mol. The molecule has 0 aliphatic rings. The molecule has 0 spiro atoms. The second-order valence-corrected chi connectivity index (χ2v) is 6.13. The van der Waals surface area contributed by atoms with Gasteiger partial charge in [-0.25, -0.2) is 4.57 Å². The number of nitrogens with zero attached hydrogens (tertiary/aromatic N) is 3. The van der Waals surface area contributed by atoms with E-state index in [2.05, 4.69) is 15.3 Å². The highest BCUT2D eigenvalue weighted by atomic mass is 16.4. The SMILES string of the molecule is Cn1c[n+](CCCCC(=O)O)c2nc(NCCCCC(=O)O)[nH]c(=O)c21. The molecule has 2 rings (SSSR count). The first-order chi connectivity index (χ1) is 12.4. The summed E-state index contributed by atoms with van der Waals surface area (Å²) in [6.07, 6.45) is 4.41. The molecule has 0 radical (unpaired) electrons. The minimum absolute atomic E-state index is 0.111. The van der Waals surface area contributed by atoms with Crippen molar-refractivity contribution in [3.8, 4) is 0 Å². The molecule has 4 N–H and O–H groups in total. The average Bonchev–Trinajstić information content (AvgIpc) is 2.87. The highest BCUT2D eigenvalue weighted by molar-refractivity contribution is 5.67. The number of imidazole rings is 1. The van der Waals surface area contributed by atoms with Crippen molar-refractivity contribution in [2.24, 2.45) is 7.05 Å². The van der Waals surface area contributed by atoms with E-state index in [1.807, 2.05) is 4.57 Å². The number of unbranched alkanes of at least 4 members (excludes halogenated alkanes) is 2. The molecular weight excluding hydrogens is 342 g/mol. The second-order valence-electron chi connectivity index (χ2n) is 6.13. The molecule has 10 nitrogen and oxygen atoms in total. The third kappa shape index (κ3) is 5.30. The van der Waals surface area contributed by atoms with Crippen molar-refractivity contribution in [2.75, 3.05) is 11.9 Å². The molecule has 0 saturated heterocycles. The van der Waals surface area contributed by atoms with Crippen LogP contribution in [-0.4, -0.2) is 43.2 Å². The van der Waals surface area contributed by atoms with Crippen LogP contribution in [-0.2, 0) is 23.2 Å². The third-order valence-electron chi connectivity index (χ3n) is 3.96. The van der Waals surface area contributed by atoms with E-state index in [0.717, 1.165) is 0 Å². The van der Waals surface area contributed by atoms with Gasteiger partial charge in [0.1, 0.15) is 0 Å². The Kier molecular flexibility index (Phi) is 6.70. The molecule has 0 aliphatic heterocycles. The molecule has 2 heterocycles. The van der Waals surface area contributed by atoms with E-state index >= 15 is 0 Å². The van der Waals surface area contributed by atoms with E-state index in [9.17, 15) is 14.4 Å². The van der Waals surface area contributed by atoms with Crippen molar-refractivity contribution >= 4 is 29.1 Å². The monoisotopic (exact) mass is 366 g/mol. The lowest BCUT2D eigenvalue weighted by Crippen LogP contribution is -2.33. The molecule has 0 aromatic carbocycles. The van der Waals surface area contributed by atoms with Gasteiger partial charge in [-0.1, -0.05) is 4.98 Å². The van der Waals surface area contributed by atoms with Gasteiger partial charge in [-0.2, -0.15) is 0 Å². The number of anilines is 1. The van der Waals surface area contributed by atoms with Gasteiger partial charge in [-0.3, -0.25) is 23.9 Å². The number of hydrogen-bond acceptors (Lipinski definition) is 5. The minimum Gasteiger partial charge on any atom is -0.481 e. The predicted octanol–water partition coefficient (Wildman–Crippen LogP) is 0.471. The number of hydrogen-bond donors (Lipinski definition) is 4. The lowest BCUT2D eigenvalue weighted by Gasteiger charge is -2.02. The van der Waals surface area contributed by atoms with Gasteiger partial charge in [-0.05, 0) is 25.7 Å². The summed E-state index contributed by atoms with van der Waals surface area (Å²) in [6.45, 7) is 1.08. The number of rotatable bonds is 11. The summed E-state index contributed by atoms with van der Waals surface area (Å²) >= 11 is 0. The Morgan fingerprint density at radius 3 is 2.50 bits per heavy atom. The number of carboxylic acid groups (broad SMARTS) is 2. The summed E-state index contributed by atoms with van der Waals surface area (Å²) in [5, 5.41) is 20.3. The normalized spacial score (nSPS) is 11.0. The first-order valence-corrected chi connectivity index (χ1v) is 8.54. The lowest BCUT2D eigenvalue weighted by atomic mass is 10.2. The Labute approximate surface area is 149 Å². The molecule has 0 amide bonds. The van der Waals surface area contributed by atoms with Gasteiger partial charge in [0, 0.05) is 19.4 Å². The Hall–Kier alpha value is -2.91. The number of nitrogens with one attached hydrogen (secondary N) is 2. The fraction of sp³-hybridized carbons (Fsp3) is 0.562. The molecule has 0 bridgehead atoms. The van der Waals surface area contributed by atoms with Crippen LogP contribution in [0.4, 0.5) is 5.95 Å². The fourth-order valence-corrected chi connectivity index (χ4v) is 2.71. The molecule has 0 aliphatic carbocycles. The maximum absolute atomic E-state index is 12.3. The van der Waals surface area contributed by atoms with Crippen LogP contribution in [0, 0.1) is 0 Å². The summed E-state index contributed by atoms with van der Waals surface area (Å²) in [4.78, 5) is 40.5. The summed E-state index contributed by atoms with van der Waals surface area (Å²) < 4.78 is 3.52. The van der Waals surface area contributed by atoms with E-state index in [4.69, 9.17) is 10.2 Å². The zero-order valence-corrected chi connectivity index (χ0v) is 14.7. The quantitative estimate of drug-likeness (QED) is 0.334. The van der Waals surface area contributed by atoms with Crippen LogP contribution in [0.3, 0.4) is 0 Å². The van der Waals surface area contributed by atoms with Gasteiger partial charge in [-0.15, -0.1) is 0 Å². The van der Waals surface area contributed by atoms with Crippen LogP contribution in [0.25, 0.3) is 11.2 Å². The number of H-pyrrole nitrogens is 1. The summed E-state index contributed by atoms with van der Waals surface area (Å²) in [7, 11) is 1.76. The van der Waals surface area contributed by atoms with Gasteiger partial charge in [0.25, 0.3) is 11.5 Å². The first-order valence-electron chi connectivity index (χ1n) is 8.54. The topological polar surface area (TPSA) is 141 Å². The molecule has 0 fully saturated rings. The van der Waals surface area contributed by atoms with E-state index < -0.39 is 11.9 Å². The van der Waals surface area contributed by atoms with Gasteiger partial charge in [0.2, 0.25) is 5.52 Å². The zero-order valence-electron chi connectivity index (χ0n) is 14.7. The van der Waals surface area contributed by atoms with Crippen molar-refractivity contribution in [3.05, 3.63) is 16.7 Å². The lowest BCUT2D eigenvalue weighted by molar-refractivity contribution is -0.674. The standard InChI is InChI=1S/C16H23N5O5/c1-20-10-21(9-5-3-7-12(24)25)14-13(20)15(26)19-16(18-14)17-8-4-2-6-11(22)23/h10H,2-9H2,1H3,(H3-,17,18,19,22,23,24,25,26)/p+1. The predicted molar refractivity (Wildman–Crippen MR) is 93.0 cm³/mol. The zero-order chi connectivity index (χ0) is 19.1. The van der Waals surface area contributed by atoms with E-state index in [1.54, 1.807) is 17.9 Å². The van der Waals surface area contributed by atoms with E-state index in [1.165, 1.54) is 0 Å². The summed E-state index contributed by atoms with van der Waals surface area (Å²) in [5.74, 6) is -1.31. The Balaban J connectivity index is 2.06. The number of carbonyl (C=O) groups is 2. The number of fused-ring (bicyclic) bond motifs is 1. The molecule has 142 valence electrons. The smallest absolute Gasteiger partial charge is 0.311 e. The van der Waals surface area contributed by atoms with Crippen LogP contribution in [0.1, 0.15) is 38.5 Å². The first kappa shape index (κ1) is 19.4. The molecule has 2 aromatic heterocycles. The van der Waals surface area contributed by atoms with Crippen LogP contribution in [0.5, 0.6) is 0 Å². The van der Waals surface area contributed by atoms with Crippen molar-refractivity contribution in [1.29, 1.82) is 0 Å². The van der Waals surface area contributed by atoms with Crippen molar-refractivity contribution in [1.82, 2.24) is 14.5 Å². The van der Waals surface area contributed by atoms with Crippen LogP contribution >= 0.6 is 0 Å². The molecule has 26 heavy (non-hydrogen) atoms. The molecular formula is C16H24N5O5+. The van der Waals surface area contributed by atoms with Crippen LogP contribution in [0.15, 0.2) is 11.1 Å². The molecule has 2 aromatic rings. The summed E-state index contributed by atoms with van der Waals surface area (Å²) in [6, 6.07) is 0. The number of aromatic nitrogens is 4. The molecule has 10 heteroatoms. The van der Waals surface area contributed by atoms with Crippen LogP contribution < -0.4 is 15.4 Å². The number of aliphatic carboxylic acids is 2. The van der Waals surface area contributed by atoms with Crippen molar-refractivity contribution < 1.29 is 24.4 Å². The van der Waals surface area contributed by atoms with Gasteiger partial charge in [0.15, 0.2) is 6.33 Å².